The summed E-state index contributed by atoms with van der Waals surface area (Å²) in [6.45, 7) is 9.94. The number of carboxylic acids is 1. The van der Waals surface area contributed by atoms with Crippen LogP contribution in [0, 0.1) is 18.8 Å². The first-order chi connectivity index (χ1) is 15.0. The van der Waals surface area contributed by atoms with E-state index in [0.717, 1.165) is 21.6 Å². The first-order valence-electron chi connectivity index (χ1n) is 10.7. The second-order valence-electron chi connectivity index (χ2n) is 8.89. The lowest BCUT2D eigenvalue weighted by Gasteiger charge is -2.29. The van der Waals surface area contributed by atoms with Gasteiger partial charge in [0, 0.05) is 10.4 Å². The molecule has 0 spiro atoms. The van der Waals surface area contributed by atoms with E-state index in [-0.39, 0.29) is 5.56 Å². The molecule has 4 N–H and O–H groups in total. The van der Waals surface area contributed by atoms with Crippen molar-refractivity contribution in [1.82, 2.24) is 0 Å². The van der Waals surface area contributed by atoms with E-state index >= 15 is 0 Å². The Morgan fingerprint density at radius 1 is 1.03 bits per heavy atom. The topological polar surface area (TPSA) is 109 Å². The first kappa shape index (κ1) is 23.7. The van der Waals surface area contributed by atoms with Crippen LogP contribution in [0.4, 0.5) is 5.00 Å². The largest absolute Gasteiger partial charge is 0.481 e. The number of carbonyl (C=O) groups is 3. The summed E-state index contributed by atoms with van der Waals surface area (Å²) < 4.78 is 0. The fourth-order valence-corrected chi connectivity index (χ4v) is 5.37. The van der Waals surface area contributed by atoms with Gasteiger partial charge in [-0.05, 0) is 50.7 Å². The average Bonchev–Trinajstić information content (AvgIpc) is 3.05. The molecular weight excluding hydrogens is 424 g/mol. The van der Waals surface area contributed by atoms with E-state index in [1.165, 1.54) is 16.9 Å². The molecule has 2 atom stereocenters. The molecule has 2 amide bonds. The first-order valence-corrected chi connectivity index (χ1v) is 11.5. The molecule has 0 unspecified atom stereocenters. The van der Waals surface area contributed by atoms with Gasteiger partial charge in [-0.25, -0.2) is 0 Å². The Morgan fingerprint density at radius 2 is 1.59 bits per heavy atom. The predicted octanol–water partition coefficient (Wildman–Crippen LogP) is 5.33. The van der Waals surface area contributed by atoms with Crippen LogP contribution in [0.25, 0.3) is 11.1 Å². The zero-order valence-electron chi connectivity index (χ0n) is 19.1. The van der Waals surface area contributed by atoms with Crippen LogP contribution in [-0.2, 0) is 9.59 Å². The van der Waals surface area contributed by atoms with Crippen LogP contribution < -0.4 is 11.1 Å². The summed E-state index contributed by atoms with van der Waals surface area (Å²) in [5.74, 6) is -3.11. The lowest BCUT2D eigenvalue weighted by molar-refractivity contribution is -0.146. The molecule has 0 saturated carbocycles. The Bertz CT molecular complexity index is 1100. The van der Waals surface area contributed by atoms with Crippen LogP contribution in [0.5, 0.6) is 0 Å². The number of hydrogen-bond acceptors (Lipinski definition) is 4. The van der Waals surface area contributed by atoms with Gasteiger partial charge in [0.1, 0.15) is 5.00 Å². The minimum atomic E-state index is -0.986. The number of hydrogen-bond donors (Lipinski definition) is 3. The molecule has 0 bridgehead atoms. The number of allylic oxidation sites excluding steroid dienone is 2. The van der Waals surface area contributed by atoms with Crippen LogP contribution in [0.1, 0.15) is 67.3 Å². The van der Waals surface area contributed by atoms with Gasteiger partial charge in [0.2, 0.25) is 5.91 Å². The van der Waals surface area contributed by atoms with E-state index in [0.29, 0.717) is 29.3 Å². The Balaban J connectivity index is 1.97. The molecule has 1 aromatic heterocycles. The molecule has 3 rings (SSSR count). The van der Waals surface area contributed by atoms with Gasteiger partial charge in [-0.15, -0.1) is 11.3 Å². The molecular formula is C25H30N2O4S. The van der Waals surface area contributed by atoms with Gasteiger partial charge in [-0.2, -0.15) is 0 Å². The molecule has 1 heterocycles. The van der Waals surface area contributed by atoms with Gasteiger partial charge >= 0.3 is 5.97 Å². The summed E-state index contributed by atoms with van der Waals surface area (Å²) in [6, 6.07) is 7.97. The number of benzene rings is 1. The van der Waals surface area contributed by atoms with Crippen molar-refractivity contribution in [3.63, 3.8) is 0 Å². The van der Waals surface area contributed by atoms with Crippen LogP contribution in [0.15, 0.2) is 35.4 Å². The van der Waals surface area contributed by atoms with E-state index in [9.17, 15) is 19.5 Å². The highest BCUT2D eigenvalue weighted by atomic mass is 32.1. The Hall–Kier alpha value is -2.93. The summed E-state index contributed by atoms with van der Waals surface area (Å²) >= 11 is 1.29. The SMILES string of the molecule is CC1=C(C)C[C@@H](C(=O)O)[C@@H](C(=O)Nc2sc(C)c(-c3ccc(C(C)C)cc3)c2C(N)=O)C1. The van der Waals surface area contributed by atoms with Gasteiger partial charge in [-0.3, -0.25) is 14.4 Å². The van der Waals surface area contributed by atoms with E-state index in [1.807, 2.05) is 45.0 Å². The fraction of sp³-hybridized carbons (Fsp3) is 0.400. The highest BCUT2D eigenvalue weighted by Gasteiger charge is 2.38. The number of carboxylic acid groups (broad SMARTS) is 1. The van der Waals surface area contributed by atoms with E-state index in [4.69, 9.17) is 5.73 Å². The molecule has 170 valence electrons. The van der Waals surface area contributed by atoms with Crippen molar-refractivity contribution < 1.29 is 19.5 Å². The van der Waals surface area contributed by atoms with Crippen molar-refractivity contribution >= 4 is 34.1 Å². The highest BCUT2D eigenvalue weighted by molar-refractivity contribution is 7.17. The third-order valence-corrected chi connectivity index (χ3v) is 7.37. The maximum absolute atomic E-state index is 13.1. The van der Waals surface area contributed by atoms with Crippen LogP contribution >= 0.6 is 11.3 Å². The summed E-state index contributed by atoms with van der Waals surface area (Å²) in [4.78, 5) is 38.2. The smallest absolute Gasteiger partial charge is 0.307 e. The molecule has 1 aliphatic rings. The van der Waals surface area contributed by atoms with Crippen molar-refractivity contribution in [2.75, 3.05) is 5.32 Å². The van der Waals surface area contributed by atoms with Crippen LogP contribution in [0.2, 0.25) is 0 Å². The molecule has 0 saturated heterocycles. The summed E-state index contributed by atoms with van der Waals surface area (Å²) in [7, 11) is 0. The zero-order valence-corrected chi connectivity index (χ0v) is 19.9. The molecule has 0 aliphatic heterocycles. The Labute approximate surface area is 192 Å². The Morgan fingerprint density at radius 3 is 2.09 bits per heavy atom. The lowest BCUT2D eigenvalue weighted by Crippen LogP contribution is -2.36. The second-order valence-corrected chi connectivity index (χ2v) is 10.1. The van der Waals surface area contributed by atoms with E-state index in [2.05, 4.69) is 19.2 Å². The second kappa shape index (κ2) is 9.28. The van der Waals surface area contributed by atoms with Crippen molar-refractivity contribution in [1.29, 1.82) is 0 Å². The molecule has 1 aromatic carbocycles. The number of anilines is 1. The number of carbonyl (C=O) groups excluding carboxylic acids is 2. The summed E-state index contributed by atoms with van der Waals surface area (Å²) in [6.07, 6.45) is 0.729. The number of primary amides is 1. The monoisotopic (exact) mass is 454 g/mol. The number of aliphatic carboxylic acids is 1. The van der Waals surface area contributed by atoms with Crippen molar-refractivity contribution in [3.8, 4) is 11.1 Å². The molecule has 0 radical (unpaired) electrons. The maximum Gasteiger partial charge on any atom is 0.307 e. The van der Waals surface area contributed by atoms with Crippen LogP contribution in [0.3, 0.4) is 0 Å². The number of rotatable bonds is 6. The van der Waals surface area contributed by atoms with E-state index < -0.39 is 29.6 Å². The van der Waals surface area contributed by atoms with Gasteiger partial charge in [0.25, 0.3) is 5.91 Å². The highest BCUT2D eigenvalue weighted by Crippen LogP contribution is 2.41. The lowest BCUT2D eigenvalue weighted by atomic mass is 9.76. The van der Waals surface area contributed by atoms with E-state index in [1.54, 1.807) is 0 Å². The molecule has 32 heavy (non-hydrogen) atoms. The molecule has 1 aliphatic carbocycles. The zero-order chi connectivity index (χ0) is 23.7. The van der Waals surface area contributed by atoms with Crippen molar-refractivity contribution in [2.45, 2.75) is 53.4 Å². The number of aryl methyl sites for hydroxylation is 1. The van der Waals surface area contributed by atoms with Gasteiger partial charge < -0.3 is 16.2 Å². The number of thiophene rings is 1. The number of nitrogens with one attached hydrogen (secondary N) is 1. The minimum Gasteiger partial charge on any atom is -0.481 e. The minimum absolute atomic E-state index is 0.268. The molecule has 0 fully saturated rings. The number of amides is 2. The maximum atomic E-state index is 13.1. The predicted molar refractivity (Wildman–Crippen MR) is 128 cm³/mol. The van der Waals surface area contributed by atoms with Gasteiger partial charge in [-0.1, -0.05) is 49.3 Å². The quantitative estimate of drug-likeness (QED) is 0.512. The normalized spacial score (nSPS) is 18.7. The standard InChI is InChI=1S/C25H30N2O4S/c1-12(2)16-6-8-17(9-7-16)20-15(5)32-24(21(20)22(26)28)27-23(29)18-10-13(3)14(4)11-19(18)25(30)31/h6-9,12,18-19H,10-11H2,1-5H3,(H2,26,28)(H,27,29)(H,30,31)/t18-,19+/m0/s1. The summed E-state index contributed by atoms with van der Waals surface area (Å²) in [5, 5.41) is 12.9. The van der Waals surface area contributed by atoms with Crippen molar-refractivity contribution in [3.05, 3.63) is 51.4 Å². The van der Waals surface area contributed by atoms with Gasteiger partial charge in [0.15, 0.2) is 0 Å². The molecule has 7 heteroatoms. The summed E-state index contributed by atoms with van der Waals surface area (Å²) in [5.41, 5.74) is 10.8. The van der Waals surface area contributed by atoms with Gasteiger partial charge in [0.05, 0.1) is 17.4 Å². The fourth-order valence-electron chi connectivity index (χ4n) is 4.28. The molecule has 6 nitrogen and oxygen atoms in total. The van der Waals surface area contributed by atoms with Crippen molar-refractivity contribution in [2.24, 2.45) is 17.6 Å². The average molecular weight is 455 g/mol. The third-order valence-electron chi connectivity index (χ3n) is 6.35. The third kappa shape index (κ3) is 4.63. The Kier molecular flexibility index (Phi) is 6.88. The number of nitrogens with two attached hydrogens (primary N) is 1. The van der Waals surface area contributed by atoms with Crippen LogP contribution in [-0.4, -0.2) is 22.9 Å². The molecule has 2 aromatic rings.